The van der Waals surface area contributed by atoms with Crippen molar-refractivity contribution in [1.29, 1.82) is 0 Å². The number of para-hydroxylation sites is 1. The summed E-state index contributed by atoms with van der Waals surface area (Å²) in [6.45, 7) is 19.6. The van der Waals surface area contributed by atoms with E-state index in [2.05, 4.69) is 220 Å². The quantitative estimate of drug-likeness (QED) is 0.0146. The van der Waals surface area contributed by atoms with E-state index in [4.69, 9.17) is 44.1 Å². The first-order chi connectivity index (χ1) is 54.1. The normalized spacial score (nSPS) is 19.9. The summed E-state index contributed by atoms with van der Waals surface area (Å²) < 4.78 is 7.43. The molecule has 566 valence electrons. The van der Waals surface area contributed by atoms with Gasteiger partial charge >= 0.3 is 6.09 Å². The van der Waals surface area contributed by atoms with Crippen LogP contribution < -0.4 is 41.8 Å². The van der Waals surface area contributed by atoms with Crippen LogP contribution in [0.2, 0.25) is 0 Å². The van der Waals surface area contributed by atoms with E-state index in [1.807, 2.05) is 69.5 Å². The van der Waals surface area contributed by atoms with Crippen molar-refractivity contribution in [2.75, 3.05) is 57.1 Å². The molecule has 2 unspecified atom stereocenters. The first-order valence-electron chi connectivity index (χ1n) is 36.2. The Balaban J connectivity index is 0.000000161. The van der Waals surface area contributed by atoms with E-state index >= 15 is 0 Å². The lowest BCUT2D eigenvalue weighted by Crippen LogP contribution is -2.35. The number of aliphatic imine (C=N–C) groups is 2. The molecule has 5 fully saturated rings. The van der Waals surface area contributed by atoms with Crippen molar-refractivity contribution in [3.8, 4) is 131 Å². The van der Waals surface area contributed by atoms with Gasteiger partial charge in [-0.15, -0.1) is 6.42 Å². The van der Waals surface area contributed by atoms with Crippen molar-refractivity contribution in [1.82, 2.24) is 50.9 Å². The number of ether oxygens (including phenoxy) is 1. The molecule has 8 atom stereocenters. The number of thioether (sulfide) groups is 1. The minimum atomic E-state index is -0.595. The average molecular weight is 1640 g/mol. The summed E-state index contributed by atoms with van der Waals surface area (Å²) in [4.78, 5) is 61.0. The second-order valence-electron chi connectivity index (χ2n) is 27.1. The molecule has 9 N–H and O–H groups in total. The number of rotatable bonds is 6. The van der Waals surface area contributed by atoms with E-state index in [1.165, 1.54) is 68.1 Å². The Hall–Kier alpha value is -11.9. The maximum absolute atomic E-state index is 12.3. The Kier molecular flexibility index (Phi) is 31.0. The summed E-state index contributed by atoms with van der Waals surface area (Å²) >= 11 is 8.57. The third-order valence-electron chi connectivity index (χ3n) is 18.8. The Morgan fingerprint density at radius 1 is 0.893 bits per heavy atom. The van der Waals surface area contributed by atoms with E-state index in [0.717, 1.165) is 101 Å². The van der Waals surface area contributed by atoms with E-state index in [0.29, 0.717) is 67.7 Å². The number of hydroxylamine groups is 2. The number of nitrogens with one attached hydrogen (secondary N) is 6. The number of allylic oxidation sites excluding steroid dienone is 7. The zero-order valence-electron chi connectivity index (χ0n) is 64.2. The van der Waals surface area contributed by atoms with Gasteiger partial charge in [-0.2, -0.15) is 4.73 Å². The predicted molar refractivity (Wildman–Crippen MR) is 460 cm³/mol. The molecule has 112 heavy (non-hydrogen) atoms. The number of hydrogen-bond donors (Lipinski definition) is 8. The number of nitrogens with two attached hydrogens (primary N) is 1. The van der Waals surface area contributed by atoms with Gasteiger partial charge in [-0.05, 0) is 300 Å². The largest absolute Gasteiger partial charge is 0.618 e. The third kappa shape index (κ3) is 22.9. The number of carbonyl (C=O) groups excluding carboxylic acids is 1. The van der Waals surface area contributed by atoms with Gasteiger partial charge in [-0.1, -0.05) is 75.2 Å². The van der Waals surface area contributed by atoms with E-state index in [1.54, 1.807) is 71.5 Å². The standard InChI is InChI=1S/C24H22N8OS.C16H18N4O3S.C13H4.C12H6.C9H19N.C8H5IN2O.C6H11N/c1-26-17-5-2-4-13-19-22(28-21(13)17)29-24(30-23(19)31-10-14-15(11-31)20(14)25)34-12-8-18-16(27-9-12)6-3-7-32(18)33;1-16(2,3)23-15(22)20(4)9-7-5-6-8-10-12(17-11(8)9)18-14(24)19-13(10)21;1-3-5-7-9-11-13-12-10-8-6-4-2;1-3-5-7-9-11-12-10-8-6-4-2;1-3-8-6-4-5-7-9(8)10-2;9-6-4-8-7(10-5-6)2-1-3-11(8)12;1-4-5-2-7-3-6(4)5/h2-9,14-15,20,27,33H,10-11,25H2,1H3;5-7H,1-4H3,(H3,17,18,19,21,24);1H,2H3;1-2H3;8-10H,3-7H2,1-2H3;1-5H;4-7H,2-3H2,1H3/t14-,15+,20?;;;;8-,9-;;4?,5-,6+/m....1../s1. The number of anilines is 2. The number of piperidine rings is 2. The van der Waals surface area contributed by atoms with Crippen LogP contribution in [0.15, 0.2) is 134 Å². The summed E-state index contributed by atoms with van der Waals surface area (Å²) in [7, 11) is 5.50. The van der Waals surface area contributed by atoms with Crippen LogP contribution in [0.1, 0.15) is 93.1 Å². The van der Waals surface area contributed by atoms with Crippen LogP contribution in [0.4, 0.5) is 22.1 Å². The monoisotopic (exact) mass is 1640 g/mol. The van der Waals surface area contributed by atoms with Crippen LogP contribution in [0.5, 0.6) is 0 Å². The second-order valence-corrected chi connectivity index (χ2v) is 29.8. The van der Waals surface area contributed by atoms with Gasteiger partial charge in [0.15, 0.2) is 21.9 Å². The molecule has 3 saturated carbocycles. The second kappa shape index (κ2) is 41.2. The molecule has 21 nitrogen and oxygen atoms in total. The minimum Gasteiger partial charge on any atom is -0.618 e. The molecular formula is C88H85IN16O5S2. The number of H-pyrrole nitrogens is 3. The third-order valence-corrected chi connectivity index (χ3v) is 20.5. The first-order valence-corrected chi connectivity index (χ1v) is 38.5. The van der Waals surface area contributed by atoms with E-state index < -0.39 is 11.7 Å². The molecule has 1 aromatic carbocycles. The number of benzene rings is 1. The molecule has 0 bridgehead atoms. The lowest BCUT2D eigenvalue weighted by molar-refractivity contribution is -0.577. The van der Waals surface area contributed by atoms with Crippen molar-refractivity contribution in [3.63, 3.8) is 0 Å². The number of pyridine rings is 2. The van der Waals surface area contributed by atoms with Crippen molar-refractivity contribution in [3.05, 3.63) is 143 Å². The maximum atomic E-state index is 12.3. The number of fused-ring (bicyclic) bond motifs is 10. The number of aromatic amines is 3. The van der Waals surface area contributed by atoms with E-state index in [-0.39, 0.29) is 10.3 Å². The summed E-state index contributed by atoms with van der Waals surface area (Å²) in [6.07, 6.45) is 29.8. The lowest BCUT2D eigenvalue weighted by Gasteiger charge is -2.30. The number of dihydropyridines is 1. The zero-order valence-corrected chi connectivity index (χ0v) is 68.0. The SMILES string of the molecule is C#CC#CC#CC#CC#CC#CC.CC#CC#CC#CC#CC#CC.CC1[C@H]2CNC[C@@H]12.CC[C@@H]1CCCC[C@H]1NC.CN(C(=O)OC(C)(C)C)c1cccc2c1[nH]c1[nH]c(=S)[nH]c(=O)c12.CN=C1C=CC=C2C1=Nc1nc(SC3=CNC4=CC=CN(O)C4=C3)nc(N3C[C@@H]4C(N)[C@@H]4C3)c12.[O-][n+]1cccc2ncc(I)cc21. The smallest absolute Gasteiger partial charge is 0.414 e. The van der Waals surface area contributed by atoms with Crippen molar-refractivity contribution in [2.45, 2.75) is 110 Å². The molecule has 15 rings (SSSR count). The Morgan fingerprint density at radius 2 is 1.54 bits per heavy atom. The molecule has 4 aliphatic carbocycles. The van der Waals surface area contributed by atoms with Gasteiger partial charge in [0.05, 0.1) is 45.0 Å². The number of hydrogen-bond acceptors (Lipinski definition) is 18. The van der Waals surface area contributed by atoms with Crippen LogP contribution in [0, 0.1) is 180 Å². The maximum Gasteiger partial charge on any atom is 0.414 e. The molecule has 1 amide bonds. The Labute approximate surface area is 678 Å². The highest BCUT2D eigenvalue weighted by Crippen LogP contribution is 2.50. The fraction of sp³-hybridized carbons (Fsp3) is 0.330. The van der Waals surface area contributed by atoms with Crippen molar-refractivity contribution < 1.29 is 19.5 Å². The van der Waals surface area contributed by atoms with Gasteiger partial charge < -0.3 is 46.5 Å². The van der Waals surface area contributed by atoms with E-state index in [9.17, 15) is 20.0 Å². The van der Waals surface area contributed by atoms with Gasteiger partial charge in [0.2, 0.25) is 5.52 Å². The van der Waals surface area contributed by atoms with Crippen LogP contribution in [0.25, 0.3) is 38.5 Å². The summed E-state index contributed by atoms with van der Waals surface area (Å²) in [5.74, 6) is 59.3. The summed E-state index contributed by atoms with van der Waals surface area (Å²) in [5.41, 5.74) is 13.7. The number of nitrogens with zero attached hydrogens (tertiary/aromatic N) is 9. The fourth-order valence-corrected chi connectivity index (χ4v) is 14.6. The lowest BCUT2D eigenvalue weighted by atomic mass is 9.83. The van der Waals surface area contributed by atoms with Crippen molar-refractivity contribution in [2.24, 2.45) is 51.2 Å². The van der Waals surface area contributed by atoms with Gasteiger partial charge in [0.1, 0.15) is 22.6 Å². The number of amides is 1. The molecule has 24 heteroatoms. The Bertz CT molecular complexity index is 5670. The summed E-state index contributed by atoms with van der Waals surface area (Å²) in [6, 6.07) is 11.8. The average Bonchev–Trinajstić information content (AvgIpc) is 1.56. The molecule has 5 aromatic heterocycles. The number of aromatic nitrogens is 7. The van der Waals surface area contributed by atoms with Crippen molar-refractivity contribution >= 4 is 120 Å². The van der Waals surface area contributed by atoms with Gasteiger partial charge in [0.25, 0.3) is 5.56 Å². The molecule has 5 aliphatic heterocycles. The van der Waals surface area contributed by atoms with Crippen LogP contribution in [-0.4, -0.2) is 123 Å². The van der Waals surface area contributed by atoms with Crippen LogP contribution in [0.3, 0.4) is 0 Å². The molecule has 0 radical (unpaired) electrons. The van der Waals surface area contributed by atoms with Crippen LogP contribution >= 0.6 is 46.6 Å². The minimum absolute atomic E-state index is 0.237. The Morgan fingerprint density at radius 3 is 2.12 bits per heavy atom. The molecule has 6 aromatic rings. The number of terminal acetylenes is 1. The summed E-state index contributed by atoms with van der Waals surface area (Å²) in [5, 5.41) is 34.3. The van der Waals surface area contributed by atoms with Crippen LogP contribution in [-0.2, 0) is 4.74 Å². The first kappa shape index (κ1) is 84.1. The van der Waals surface area contributed by atoms with Gasteiger partial charge in [-0.25, -0.2) is 29.8 Å². The number of carbonyl (C=O) groups is 1. The van der Waals surface area contributed by atoms with Gasteiger partial charge in [0, 0.05) is 89.4 Å². The zero-order chi connectivity index (χ0) is 80.3. The number of halogens is 1. The highest BCUT2D eigenvalue weighted by molar-refractivity contribution is 14.1. The predicted octanol–water partition coefficient (Wildman–Crippen LogP) is 11.8. The molecule has 9 aliphatic rings. The molecule has 2 saturated heterocycles. The highest BCUT2D eigenvalue weighted by Gasteiger charge is 2.54. The molecular weight excluding hydrogens is 1550 g/mol. The molecule has 10 heterocycles. The fourth-order valence-electron chi connectivity index (χ4n) is 13.2. The van der Waals surface area contributed by atoms with Gasteiger partial charge in [-0.3, -0.25) is 24.9 Å². The molecule has 0 spiro atoms. The topological polar surface area (TPSA) is 273 Å². The highest BCUT2D eigenvalue weighted by atomic mass is 127.